The molecule has 0 aromatic rings. The SMILES string of the molecule is C=C(CC)NC(/C=C\C)C/C=C/C. The average Bonchev–Trinajstić information content (AvgIpc) is 2.14. The second kappa shape index (κ2) is 7.66. The molecule has 1 N–H and O–H groups in total. The summed E-state index contributed by atoms with van der Waals surface area (Å²) in [6.07, 6.45) is 10.5. The Morgan fingerprint density at radius 2 is 2.08 bits per heavy atom. The maximum absolute atomic E-state index is 3.93. The number of hydrogen-bond acceptors (Lipinski definition) is 1. The summed E-state index contributed by atoms with van der Waals surface area (Å²) in [5.74, 6) is 0. The van der Waals surface area contributed by atoms with Crippen LogP contribution in [0.15, 0.2) is 36.6 Å². The highest BCUT2D eigenvalue weighted by molar-refractivity contribution is 5.03. The molecule has 74 valence electrons. The molecule has 0 rings (SSSR count). The molecule has 0 radical (unpaired) electrons. The van der Waals surface area contributed by atoms with Crippen LogP contribution in [0.25, 0.3) is 0 Å². The fourth-order valence-electron chi connectivity index (χ4n) is 1.06. The predicted octanol–water partition coefficient (Wildman–Crippen LogP) is 3.41. The summed E-state index contributed by atoms with van der Waals surface area (Å²) in [6, 6.07) is 0.397. The van der Waals surface area contributed by atoms with Crippen LogP contribution in [0.5, 0.6) is 0 Å². The van der Waals surface area contributed by atoms with E-state index in [-0.39, 0.29) is 0 Å². The Balaban J connectivity index is 4.01. The van der Waals surface area contributed by atoms with Gasteiger partial charge in [0.1, 0.15) is 0 Å². The Hall–Kier alpha value is -0.980. The lowest BCUT2D eigenvalue weighted by Gasteiger charge is -2.15. The fraction of sp³-hybridized carbons (Fsp3) is 0.500. The van der Waals surface area contributed by atoms with E-state index in [2.05, 4.69) is 43.1 Å². The number of nitrogens with one attached hydrogen (secondary N) is 1. The Kier molecular flexibility index (Phi) is 7.08. The molecule has 0 fully saturated rings. The summed E-state index contributed by atoms with van der Waals surface area (Å²) in [4.78, 5) is 0. The minimum absolute atomic E-state index is 0.397. The molecule has 13 heavy (non-hydrogen) atoms. The molecule has 0 aromatic carbocycles. The van der Waals surface area contributed by atoms with Crippen LogP contribution >= 0.6 is 0 Å². The lowest BCUT2D eigenvalue weighted by atomic mass is 10.1. The number of hydrogen-bond donors (Lipinski definition) is 1. The molecule has 1 atom stereocenters. The quantitative estimate of drug-likeness (QED) is 0.616. The van der Waals surface area contributed by atoms with Gasteiger partial charge in [-0.1, -0.05) is 37.8 Å². The zero-order chi connectivity index (χ0) is 10.1. The smallest absolute Gasteiger partial charge is 0.0475 e. The van der Waals surface area contributed by atoms with Crippen LogP contribution in [0.3, 0.4) is 0 Å². The molecule has 1 unspecified atom stereocenters. The third kappa shape index (κ3) is 6.21. The highest BCUT2D eigenvalue weighted by Crippen LogP contribution is 2.01. The molecule has 0 saturated heterocycles. The van der Waals surface area contributed by atoms with Crippen LogP contribution in [0, 0.1) is 0 Å². The van der Waals surface area contributed by atoms with Gasteiger partial charge in [0, 0.05) is 11.7 Å². The molecular formula is C12H21N. The molecule has 0 heterocycles. The van der Waals surface area contributed by atoms with Crippen molar-refractivity contribution in [3.63, 3.8) is 0 Å². The van der Waals surface area contributed by atoms with E-state index in [1.54, 1.807) is 0 Å². The third-order valence-electron chi connectivity index (χ3n) is 1.87. The summed E-state index contributed by atoms with van der Waals surface area (Å²) in [6.45, 7) is 10.1. The van der Waals surface area contributed by atoms with E-state index in [9.17, 15) is 0 Å². The van der Waals surface area contributed by atoms with Crippen LogP contribution in [0.2, 0.25) is 0 Å². The number of rotatable bonds is 6. The first kappa shape index (κ1) is 12.0. The predicted molar refractivity (Wildman–Crippen MR) is 60.6 cm³/mol. The summed E-state index contributed by atoms with van der Waals surface area (Å²) in [7, 11) is 0. The maximum Gasteiger partial charge on any atom is 0.0475 e. The summed E-state index contributed by atoms with van der Waals surface area (Å²) >= 11 is 0. The van der Waals surface area contributed by atoms with Crippen molar-refractivity contribution in [2.75, 3.05) is 0 Å². The Bertz CT molecular complexity index is 189. The zero-order valence-corrected chi connectivity index (χ0v) is 9.01. The van der Waals surface area contributed by atoms with Gasteiger partial charge >= 0.3 is 0 Å². The van der Waals surface area contributed by atoms with Gasteiger partial charge in [0.2, 0.25) is 0 Å². The number of allylic oxidation sites excluding steroid dienone is 3. The van der Waals surface area contributed by atoms with E-state index in [0.717, 1.165) is 18.5 Å². The lowest BCUT2D eigenvalue weighted by Crippen LogP contribution is -2.25. The van der Waals surface area contributed by atoms with Gasteiger partial charge in [0.15, 0.2) is 0 Å². The first-order valence-corrected chi connectivity index (χ1v) is 4.92. The van der Waals surface area contributed by atoms with Gasteiger partial charge in [0.25, 0.3) is 0 Å². The Morgan fingerprint density at radius 1 is 1.38 bits per heavy atom. The van der Waals surface area contributed by atoms with Crippen molar-refractivity contribution in [3.8, 4) is 0 Å². The maximum atomic E-state index is 3.93. The summed E-state index contributed by atoms with van der Waals surface area (Å²) in [5, 5.41) is 3.37. The molecule has 0 saturated carbocycles. The second-order valence-electron chi connectivity index (χ2n) is 3.04. The van der Waals surface area contributed by atoms with E-state index in [4.69, 9.17) is 0 Å². The molecule has 1 nitrogen and oxygen atoms in total. The Labute approximate surface area is 82.2 Å². The molecule has 0 aliphatic heterocycles. The molecule has 0 amide bonds. The molecular weight excluding hydrogens is 158 g/mol. The Morgan fingerprint density at radius 3 is 2.54 bits per heavy atom. The first-order chi connectivity index (χ1) is 6.24. The van der Waals surface area contributed by atoms with Crippen molar-refractivity contribution in [2.24, 2.45) is 0 Å². The average molecular weight is 179 g/mol. The van der Waals surface area contributed by atoms with Crippen molar-refractivity contribution in [1.82, 2.24) is 5.32 Å². The van der Waals surface area contributed by atoms with Crippen LogP contribution < -0.4 is 5.32 Å². The zero-order valence-electron chi connectivity index (χ0n) is 9.01. The van der Waals surface area contributed by atoms with Gasteiger partial charge in [-0.15, -0.1) is 0 Å². The normalized spacial score (nSPS) is 13.8. The van der Waals surface area contributed by atoms with Gasteiger partial charge < -0.3 is 5.32 Å². The van der Waals surface area contributed by atoms with E-state index >= 15 is 0 Å². The van der Waals surface area contributed by atoms with Crippen LogP contribution in [0.4, 0.5) is 0 Å². The molecule has 0 aromatic heterocycles. The van der Waals surface area contributed by atoms with Gasteiger partial charge in [-0.3, -0.25) is 0 Å². The summed E-state index contributed by atoms with van der Waals surface area (Å²) < 4.78 is 0. The molecule has 0 bridgehead atoms. The molecule has 0 aliphatic rings. The minimum Gasteiger partial charge on any atom is -0.382 e. The van der Waals surface area contributed by atoms with E-state index in [0.29, 0.717) is 6.04 Å². The molecule has 0 aliphatic carbocycles. The van der Waals surface area contributed by atoms with Crippen molar-refractivity contribution in [1.29, 1.82) is 0 Å². The van der Waals surface area contributed by atoms with Crippen molar-refractivity contribution >= 4 is 0 Å². The van der Waals surface area contributed by atoms with Crippen LogP contribution in [-0.2, 0) is 0 Å². The van der Waals surface area contributed by atoms with Gasteiger partial charge in [-0.2, -0.15) is 0 Å². The molecule has 1 heteroatoms. The minimum atomic E-state index is 0.397. The molecule has 0 spiro atoms. The highest BCUT2D eigenvalue weighted by Gasteiger charge is 2.00. The topological polar surface area (TPSA) is 12.0 Å². The standard InChI is InChI=1S/C12H21N/c1-5-8-10-12(9-6-2)13-11(4)7-3/h5-6,8-9,12-13H,4,7,10H2,1-3H3/b8-5+,9-6-. The van der Waals surface area contributed by atoms with Crippen molar-refractivity contribution in [3.05, 3.63) is 36.6 Å². The van der Waals surface area contributed by atoms with Gasteiger partial charge in [0.05, 0.1) is 0 Å². The van der Waals surface area contributed by atoms with E-state index in [1.807, 2.05) is 13.8 Å². The van der Waals surface area contributed by atoms with Gasteiger partial charge in [-0.25, -0.2) is 0 Å². The monoisotopic (exact) mass is 179 g/mol. The lowest BCUT2D eigenvalue weighted by molar-refractivity contribution is 0.660. The van der Waals surface area contributed by atoms with Crippen molar-refractivity contribution < 1.29 is 0 Å². The van der Waals surface area contributed by atoms with E-state index in [1.165, 1.54) is 0 Å². The first-order valence-electron chi connectivity index (χ1n) is 4.92. The van der Waals surface area contributed by atoms with Gasteiger partial charge in [-0.05, 0) is 26.7 Å². The highest BCUT2D eigenvalue weighted by atomic mass is 14.9. The summed E-state index contributed by atoms with van der Waals surface area (Å²) in [5.41, 5.74) is 1.10. The third-order valence-corrected chi connectivity index (χ3v) is 1.87. The van der Waals surface area contributed by atoms with Crippen LogP contribution in [0.1, 0.15) is 33.6 Å². The fourth-order valence-corrected chi connectivity index (χ4v) is 1.06. The van der Waals surface area contributed by atoms with Crippen molar-refractivity contribution in [2.45, 2.75) is 39.7 Å². The second-order valence-corrected chi connectivity index (χ2v) is 3.04. The van der Waals surface area contributed by atoms with Crippen LogP contribution in [-0.4, -0.2) is 6.04 Å². The largest absolute Gasteiger partial charge is 0.382 e. The van der Waals surface area contributed by atoms with E-state index < -0.39 is 0 Å².